The highest BCUT2D eigenvalue weighted by molar-refractivity contribution is 7.88. The van der Waals surface area contributed by atoms with Gasteiger partial charge in [-0.05, 0) is 43.2 Å². The Hall–Kier alpha value is -1.90. The number of sulfonamides is 1. The first-order valence-corrected chi connectivity index (χ1v) is 10.6. The first-order chi connectivity index (χ1) is 11.8. The molecule has 0 unspecified atom stereocenters. The van der Waals surface area contributed by atoms with E-state index in [9.17, 15) is 13.2 Å². The average molecular weight is 383 g/mol. The third kappa shape index (κ3) is 7.25. The summed E-state index contributed by atoms with van der Waals surface area (Å²) in [6, 6.07) is 11.3. The van der Waals surface area contributed by atoms with E-state index in [0.29, 0.717) is 31.0 Å². The molecular formula is C17H22N2O4S2. The zero-order valence-corrected chi connectivity index (χ0v) is 15.9. The van der Waals surface area contributed by atoms with Gasteiger partial charge in [0, 0.05) is 11.4 Å². The summed E-state index contributed by atoms with van der Waals surface area (Å²) in [4.78, 5) is 13.6. The molecule has 1 aromatic heterocycles. The standard InChI is InChI=1S/C17H22N2O4S2/c1-13-4-3-5-14(12-13)23-11-10-18-17(20)16-7-6-15(24-16)8-9-19-25(2,21)22/h3-7,12,19H,8-11H2,1-2H3,(H,18,20). The summed E-state index contributed by atoms with van der Waals surface area (Å²) in [6.07, 6.45) is 1.68. The molecule has 2 rings (SSSR count). The molecule has 0 aliphatic heterocycles. The minimum absolute atomic E-state index is 0.153. The molecule has 0 radical (unpaired) electrons. The largest absolute Gasteiger partial charge is 0.492 e. The van der Waals surface area contributed by atoms with Gasteiger partial charge in [0.1, 0.15) is 12.4 Å². The minimum atomic E-state index is -3.18. The van der Waals surface area contributed by atoms with Crippen molar-refractivity contribution in [1.82, 2.24) is 10.0 Å². The van der Waals surface area contributed by atoms with Gasteiger partial charge in [0.25, 0.3) is 5.91 Å². The van der Waals surface area contributed by atoms with Crippen molar-refractivity contribution in [2.45, 2.75) is 13.3 Å². The molecule has 25 heavy (non-hydrogen) atoms. The predicted molar refractivity (Wildman–Crippen MR) is 99.9 cm³/mol. The number of amides is 1. The fraction of sp³-hybridized carbons (Fsp3) is 0.353. The average Bonchev–Trinajstić information content (AvgIpc) is 2.99. The topological polar surface area (TPSA) is 84.5 Å². The van der Waals surface area contributed by atoms with Crippen LogP contribution in [0, 0.1) is 6.92 Å². The smallest absolute Gasteiger partial charge is 0.261 e. The van der Waals surface area contributed by atoms with Gasteiger partial charge in [-0.15, -0.1) is 11.3 Å². The normalized spacial score (nSPS) is 11.3. The molecule has 6 nitrogen and oxygen atoms in total. The number of carbonyl (C=O) groups is 1. The van der Waals surface area contributed by atoms with Crippen LogP contribution in [-0.4, -0.2) is 40.3 Å². The van der Waals surface area contributed by atoms with E-state index in [-0.39, 0.29) is 5.91 Å². The summed E-state index contributed by atoms with van der Waals surface area (Å²) in [5.74, 6) is 0.631. The molecule has 1 heterocycles. The Morgan fingerprint density at radius 3 is 2.72 bits per heavy atom. The van der Waals surface area contributed by atoms with Gasteiger partial charge in [-0.3, -0.25) is 4.79 Å². The maximum Gasteiger partial charge on any atom is 0.261 e. The lowest BCUT2D eigenvalue weighted by Crippen LogP contribution is -2.27. The van der Waals surface area contributed by atoms with E-state index in [4.69, 9.17) is 4.74 Å². The molecule has 0 atom stereocenters. The van der Waals surface area contributed by atoms with E-state index in [1.165, 1.54) is 11.3 Å². The van der Waals surface area contributed by atoms with Crippen molar-refractivity contribution in [3.8, 4) is 5.75 Å². The molecule has 136 valence electrons. The number of carbonyl (C=O) groups excluding carboxylic acids is 1. The van der Waals surface area contributed by atoms with Crippen LogP contribution in [-0.2, 0) is 16.4 Å². The number of benzene rings is 1. The molecule has 0 spiro atoms. The predicted octanol–water partition coefficient (Wildman–Crippen LogP) is 1.96. The number of hydrogen-bond acceptors (Lipinski definition) is 5. The van der Waals surface area contributed by atoms with Crippen molar-refractivity contribution in [2.75, 3.05) is 26.0 Å². The van der Waals surface area contributed by atoms with Crippen LogP contribution in [0.1, 0.15) is 20.1 Å². The van der Waals surface area contributed by atoms with Crippen molar-refractivity contribution in [3.05, 3.63) is 51.7 Å². The van der Waals surface area contributed by atoms with Gasteiger partial charge >= 0.3 is 0 Å². The number of nitrogens with one attached hydrogen (secondary N) is 2. The van der Waals surface area contributed by atoms with Crippen LogP contribution in [0.3, 0.4) is 0 Å². The van der Waals surface area contributed by atoms with Gasteiger partial charge in [0.05, 0.1) is 17.7 Å². The molecule has 0 aliphatic carbocycles. The highest BCUT2D eigenvalue weighted by atomic mass is 32.2. The lowest BCUT2D eigenvalue weighted by Gasteiger charge is -2.07. The van der Waals surface area contributed by atoms with Crippen LogP contribution in [0.4, 0.5) is 0 Å². The zero-order chi connectivity index (χ0) is 18.3. The van der Waals surface area contributed by atoms with Gasteiger partial charge < -0.3 is 10.1 Å². The molecule has 0 fully saturated rings. The summed E-state index contributed by atoms with van der Waals surface area (Å²) in [5.41, 5.74) is 1.12. The number of ether oxygens (including phenoxy) is 1. The third-order valence-corrected chi connectivity index (χ3v) is 5.14. The Balaban J connectivity index is 1.72. The zero-order valence-electron chi connectivity index (χ0n) is 14.2. The van der Waals surface area contributed by atoms with E-state index in [1.54, 1.807) is 6.07 Å². The lowest BCUT2D eigenvalue weighted by atomic mass is 10.2. The number of thiophene rings is 1. The van der Waals surface area contributed by atoms with Crippen molar-refractivity contribution >= 4 is 27.3 Å². The highest BCUT2D eigenvalue weighted by Crippen LogP contribution is 2.17. The molecule has 2 N–H and O–H groups in total. The Morgan fingerprint density at radius 1 is 1.20 bits per heavy atom. The number of hydrogen-bond donors (Lipinski definition) is 2. The molecule has 1 amide bonds. The van der Waals surface area contributed by atoms with Gasteiger partial charge in [-0.1, -0.05) is 12.1 Å². The second-order valence-electron chi connectivity index (χ2n) is 5.60. The SMILES string of the molecule is Cc1cccc(OCCNC(=O)c2ccc(CCNS(C)(=O)=O)s2)c1. The maximum absolute atomic E-state index is 12.1. The van der Waals surface area contributed by atoms with E-state index in [0.717, 1.165) is 22.4 Å². The third-order valence-electron chi connectivity index (χ3n) is 3.27. The molecule has 1 aromatic carbocycles. The number of aryl methyl sites for hydroxylation is 1. The van der Waals surface area contributed by atoms with E-state index in [2.05, 4.69) is 10.0 Å². The lowest BCUT2D eigenvalue weighted by molar-refractivity contribution is 0.0951. The fourth-order valence-corrected chi connectivity index (χ4v) is 3.52. The second kappa shape index (κ2) is 8.98. The summed E-state index contributed by atoms with van der Waals surface area (Å²) < 4.78 is 30.1. The molecular weight excluding hydrogens is 360 g/mol. The quantitative estimate of drug-likeness (QED) is 0.649. The molecule has 8 heteroatoms. The van der Waals surface area contributed by atoms with E-state index >= 15 is 0 Å². The first-order valence-electron chi connectivity index (χ1n) is 7.84. The fourth-order valence-electron chi connectivity index (χ4n) is 2.12. The van der Waals surface area contributed by atoms with Crippen molar-refractivity contribution in [3.63, 3.8) is 0 Å². The summed E-state index contributed by atoms with van der Waals surface area (Å²) >= 11 is 1.36. The van der Waals surface area contributed by atoms with Gasteiger partial charge in [-0.2, -0.15) is 0 Å². The molecule has 0 aliphatic rings. The summed E-state index contributed by atoms with van der Waals surface area (Å²) in [5, 5.41) is 2.81. The highest BCUT2D eigenvalue weighted by Gasteiger charge is 2.09. The van der Waals surface area contributed by atoms with Crippen LogP contribution in [0.2, 0.25) is 0 Å². The van der Waals surface area contributed by atoms with Crippen LogP contribution >= 0.6 is 11.3 Å². The maximum atomic E-state index is 12.1. The van der Waals surface area contributed by atoms with Crippen molar-refractivity contribution in [2.24, 2.45) is 0 Å². The monoisotopic (exact) mass is 382 g/mol. The molecule has 0 saturated heterocycles. The minimum Gasteiger partial charge on any atom is -0.492 e. The van der Waals surface area contributed by atoms with Crippen LogP contribution in [0.5, 0.6) is 5.75 Å². The Morgan fingerprint density at radius 2 is 2.00 bits per heavy atom. The molecule has 2 aromatic rings. The summed E-state index contributed by atoms with van der Waals surface area (Å²) in [7, 11) is -3.18. The van der Waals surface area contributed by atoms with Gasteiger partial charge in [-0.25, -0.2) is 13.1 Å². The molecule has 0 bridgehead atoms. The Bertz CT molecular complexity index is 816. The van der Waals surface area contributed by atoms with E-state index in [1.807, 2.05) is 37.3 Å². The van der Waals surface area contributed by atoms with E-state index < -0.39 is 10.0 Å². The van der Waals surface area contributed by atoms with Crippen LogP contribution in [0.25, 0.3) is 0 Å². The molecule has 0 saturated carbocycles. The summed E-state index contributed by atoms with van der Waals surface area (Å²) in [6.45, 7) is 3.13. The first kappa shape index (κ1) is 19.4. The van der Waals surface area contributed by atoms with Gasteiger partial charge in [0.15, 0.2) is 0 Å². The van der Waals surface area contributed by atoms with Crippen molar-refractivity contribution in [1.29, 1.82) is 0 Å². The number of rotatable bonds is 9. The van der Waals surface area contributed by atoms with Gasteiger partial charge in [0.2, 0.25) is 10.0 Å². The Labute approximate surface area is 152 Å². The van der Waals surface area contributed by atoms with Crippen LogP contribution in [0.15, 0.2) is 36.4 Å². The Kier molecular flexibility index (Phi) is 6.98. The van der Waals surface area contributed by atoms with Crippen molar-refractivity contribution < 1.29 is 17.9 Å². The van der Waals surface area contributed by atoms with Crippen LogP contribution < -0.4 is 14.8 Å². The second-order valence-corrected chi connectivity index (χ2v) is 8.60.